The normalized spacial score (nSPS) is 44.5. The van der Waals surface area contributed by atoms with Crippen molar-refractivity contribution in [2.45, 2.75) is 111 Å². The van der Waals surface area contributed by atoms with E-state index in [0.29, 0.717) is 0 Å². The van der Waals surface area contributed by atoms with Gasteiger partial charge in [0.15, 0.2) is 18.7 Å². The molecule has 13 N–H and O–H groups in total. The molecule has 44 heavy (non-hydrogen) atoms. The average molecular weight is 650 g/mol. The number of carboxylic acids is 1. The number of carboxylic acid groups (broad SMARTS) is 1. The van der Waals surface area contributed by atoms with E-state index in [1.165, 1.54) is 0 Å². The van der Waals surface area contributed by atoms with Crippen LogP contribution in [0.5, 0.6) is 0 Å². The highest BCUT2D eigenvalue weighted by Crippen LogP contribution is 2.36. The molecule has 0 aromatic rings. The zero-order valence-electron chi connectivity index (χ0n) is 23.1. The molecule has 16 atom stereocenters. The first-order valence-electron chi connectivity index (χ1n) is 13.4. The summed E-state index contributed by atoms with van der Waals surface area (Å²) in [7, 11) is 0. The van der Waals surface area contributed by atoms with E-state index in [0.717, 1.165) is 6.92 Å². The van der Waals surface area contributed by atoms with E-state index in [1.54, 1.807) is 0 Å². The number of carbonyl (C=O) groups excluding carboxylic acids is 1. The minimum atomic E-state index is -3.05. The first-order chi connectivity index (χ1) is 20.6. The highest BCUT2D eigenvalue weighted by atomic mass is 17.2. The van der Waals surface area contributed by atoms with Gasteiger partial charge in [-0.2, -0.15) is 4.89 Å². The van der Waals surface area contributed by atoms with Gasteiger partial charge in [-0.15, -0.1) is 0 Å². The fraction of sp³-hybridized carbons (Fsp3) is 0.913. The molecule has 0 bridgehead atoms. The van der Waals surface area contributed by atoms with Crippen molar-refractivity contribution < 1.29 is 99.6 Å². The summed E-state index contributed by atoms with van der Waals surface area (Å²) in [6.07, 6.45) is -27.5. The Balaban J connectivity index is 1.86. The Morgan fingerprint density at radius 3 is 2.09 bits per heavy atom. The third-order valence-electron chi connectivity index (χ3n) is 7.43. The van der Waals surface area contributed by atoms with Crippen molar-refractivity contribution in [2.24, 2.45) is 0 Å². The standard InChI is InChI=1S/C23H39NO20/c1-6(28)24-11-7(29)2-23(22(37)38,42-18(11)12(31)8(30)3-25)44-43-19-13(32)9(4-26)40-21(16(19)35)41-17-10(5-27)39-20(36)15(34)14(17)33/h7-21,25-27,29-36H,2-5H2,1H3,(H,24,28)(H,37,38)/t7-,8+,9+,10+,11+,12+,13-,14+,15+,16+,17+,18+,19-,20-,21-,23-/m0/s1. The van der Waals surface area contributed by atoms with Crippen molar-refractivity contribution in [3.05, 3.63) is 0 Å². The number of ether oxygens (including phenoxy) is 4. The van der Waals surface area contributed by atoms with Gasteiger partial charge in [0.2, 0.25) is 5.91 Å². The molecular weight excluding hydrogens is 610 g/mol. The Morgan fingerprint density at radius 1 is 0.909 bits per heavy atom. The molecule has 0 saturated carbocycles. The number of hydrogen-bond acceptors (Lipinski definition) is 19. The maximum atomic E-state index is 12.4. The van der Waals surface area contributed by atoms with Gasteiger partial charge < -0.3 is 85.5 Å². The summed E-state index contributed by atoms with van der Waals surface area (Å²) in [6, 6.07) is -1.53. The van der Waals surface area contributed by atoms with E-state index >= 15 is 0 Å². The summed E-state index contributed by atoms with van der Waals surface area (Å²) in [5.41, 5.74) is 0. The van der Waals surface area contributed by atoms with Crippen LogP contribution in [0.1, 0.15) is 13.3 Å². The van der Waals surface area contributed by atoms with Crippen molar-refractivity contribution in [2.75, 3.05) is 19.8 Å². The largest absolute Gasteiger partial charge is 0.477 e. The molecule has 256 valence electrons. The molecular formula is C23H39NO20. The number of aliphatic carboxylic acids is 1. The van der Waals surface area contributed by atoms with Crippen LogP contribution in [0.2, 0.25) is 0 Å². The number of hydrogen-bond donors (Lipinski definition) is 13. The molecule has 0 spiro atoms. The van der Waals surface area contributed by atoms with Gasteiger partial charge in [0.25, 0.3) is 0 Å². The van der Waals surface area contributed by atoms with Gasteiger partial charge in [0.1, 0.15) is 61.0 Å². The topological polar surface area (TPSA) is 344 Å². The molecule has 3 aliphatic heterocycles. The fourth-order valence-electron chi connectivity index (χ4n) is 5.01. The number of nitrogens with one attached hydrogen (secondary N) is 1. The molecule has 3 saturated heterocycles. The zero-order chi connectivity index (χ0) is 33.1. The van der Waals surface area contributed by atoms with E-state index in [9.17, 15) is 70.9 Å². The monoisotopic (exact) mass is 649 g/mol. The van der Waals surface area contributed by atoms with Gasteiger partial charge in [0, 0.05) is 13.3 Å². The highest BCUT2D eigenvalue weighted by molar-refractivity contribution is 5.76. The Kier molecular flexibility index (Phi) is 12.7. The second-order valence-electron chi connectivity index (χ2n) is 10.6. The third-order valence-corrected chi connectivity index (χ3v) is 7.43. The van der Waals surface area contributed by atoms with Crippen molar-refractivity contribution in [3.63, 3.8) is 0 Å². The summed E-state index contributed by atoms with van der Waals surface area (Å²) in [5, 5.41) is 124. The second-order valence-corrected chi connectivity index (χ2v) is 10.6. The number of aliphatic hydroxyl groups excluding tert-OH is 11. The summed E-state index contributed by atoms with van der Waals surface area (Å²) in [5.74, 6) is -5.79. The van der Waals surface area contributed by atoms with E-state index in [-0.39, 0.29) is 0 Å². The van der Waals surface area contributed by atoms with Crippen LogP contribution in [0.4, 0.5) is 0 Å². The first-order valence-corrected chi connectivity index (χ1v) is 13.4. The predicted molar refractivity (Wildman–Crippen MR) is 131 cm³/mol. The number of carbonyl (C=O) groups is 2. The Labute approximate surface area is 248 Å². The Bertz CT molecular complexity index is 959. The van der Waals surface area contributed by atoms with Crippen LogP contribution in [0.3, 0.4) is 0 Å². The van der Waals surface area contributed by atoms with Crippen LogP contribution >= 0.6 is 0 Å². The van der Waals surface area contributed by atoms with Crippen LogP contribution in [0.25, 0.3) is 0 Å². The lowest BCUT2D eigenvalue weighted by Crippen LogP contribution is -2.68. The fourth-order valence-corrected chi connectivity index (χ4v) is 5.01. The zero-order valence-corrected chi connectivity index (χ0v) is 23.1. The minimum absolute atomic E-state index is 0.748. The van der Waals surface area contributed by atoms with E-state index < -0.39 is 136 Å². The summed E-state index contributed by atoms with van der Waals surface area (Å²) < 4.78 is 21.1. The summed E-state index contributed by atoms with van der Waals surface area (Å²) in [6.45, 7) is -1.82. The number of aliphatic hydroxyl groups is 11. The van der Waals surface area contributed by atoms with Gasteiger partial charge in [-0.1, -0.05) is 0 Å². The Morgan fingerprint density at radius 2 is 1.55 bits per heavy atom. The molecule has 3 fully saturated rings. The maximum absolute atomic E-state index is 12.4. The third kappa shape index (κ3) is 7.62. The molecule has 21 nitrogen and oxygen atoms in total. The molecule has 3 rings (SSSR count). The molecule has 0 aliphatic carbocycles. The Hall–Kier alpha value is -1.74. The predicted octanol–water partition coefficient (Wildman–Crippen LogP) is -8.29. The molecule has 0 aromatic heterocycles. The lowest BCUT2D eigenvalue weighted by molar-refractivity contribution is -0.480. The van der Waals surface area contributed by atoms with Crippen LogP contribution < -0.4 is 5.32 Å². The van der Waals surface area contributed by atoms with Crippen molar-refractivity contribution in [3.8, 4) is 0 Å². The van der Waals surface area contributed by atoms with E-state index in [4.69, 9.17) is 28.7 Å². The summed E-state index contributed by atoms with van der Waals surface area (Å²) >= 11 is 0. The molecule has 3 aliphatic rings. The second kappa shape index (κ2) is 15.2. The van der Waals surface area contributed by atoms with Gasteiger partial charge in [0.05, 0.1) is 32.0 Å². The molecule has 0 radical (unpaired) electrons. The van der Waals surface area contributed by atoms with Crippen molar-refractivity contribution in [1.82, 2.24) is 5.32 Å². The maximum Gasteiger partial charge on any atom is 0.367 e. The van der Waals surface area contributed by atoms with E-state index in [1.807, 2.05) is 0 Å². The van der Waals surface area contributed by atoms with Crippen LogP contribution in [-0.2, 0) is 38.3 Å². The number of rotatable bonds is 12. The van der Waals surface area contributed by atoms with Crippen molar-refractivity contribution in [1.29, 1.82) is 0 Å². The molecule has 3 heterocycles. The number of amides is 1. The highest BCUT2D eigenvalue weighted by Gasteiger charge is 2.58. The quantitative estimate of drug-likeness (QED) is 0.0689. The van der Waals surface area contributed by atoms with Crippen LogP contribution in [0.15, 0.2) is 0 Å². The van der Waals surface area contributed by atoms with Crippen LogP contribution in [-0.4, -0.2) is 191 Å². The molecule has 0 unspecified atom stereocenters. The SMILES string of the molecule is CC(=O)N[C@H]1[C@H]([C@H](O)[C@H](O)CO)O[C@@](OO[C@H]2[C@@H](O)[C@@H](CO)O[C@@H](O[C@H]3[C@H](O)[C@@H](O)[C@@H](O)O[C@@H]3CO)[C@@H]2O)(C(=O)O)C[C@@H]1O. The van der Waals surface area contributed by atoms with Crippen molar-refractivity contribution >= 4 is 11.9 Å². The van der Waals surface area contributed by atoms with Gasteiger partial charge in [-0.3, -0.25) is 4.79 Å². The summed E-state index contributed by atoms with van der Waals surface area (Å²) in [4.78, 5) is 34.1. The lowest BCUT2D eigenvalue weighted by Gasteiger charge is -2.47. The van der Waals surface area contributed by atoms with Gasteiger partial charge in [-0.25, -0.2) is 9.68 Å². The molecule has 0 aromatic carbocycles. The van der Waals surface area contributed by atoms with Crippen LogP contribution in [0, 0.1) is 0 Å². The minimum Gasteiger partial charge on any atom is -0.477 e. The van der Waals surface area contributed by atoms with E-state index in [2.05, 4.69) is 5.32 Å². The lowest BCUT2D eigenvalue weighted by atomic mass is 9.88. The molecule has 1 amide bonds. The average Bonchev–Trinajstić information content (AvgIpc) is 2.98. The van der Waals surface area contributed by atoms with Gasteiger partial charge in [-0.05, 0) is 0 Å². The first kappa shape index (κ1) is 36.7. The molecule has 21 heteroatoms. The smallest absolute Gasteiger partial charge is 0.367 e. The van der Waals surface area contributed by atoms with Gasteiger partial charge >= 0.3 is 11.8 Å².